The lowest BCUT2D eigenvalue weighted by Gasteiger charge is -2.15. The summed E-state index contributed by atoms with van der Waals surface area (Å²) in [4.78, 5) is 52.7. The molecule has 2 saturated heterocycles. The molecule has 244 valence electrons. The molecule has 4 atom stereocenters. The minimum Gasteiger partial charge on any atom is -0.278 e. The van der Waals surface area contributed by atoms with E-state index in [2.05, 4.69) is 0 Å². The number of hydrogen-bond donors (Lipinski definition) is 0. The van der Waals surface area contributed by atoms with Gasteiger partial charge in [0.25, 0.3) is 0 Å². The maximum atomic E-state index is 14.0. The molecule has 2 aliphatic heterocycles. The predicted octanol–water partition coefficient (Wildman–Crippen LogP) is 6.80. The molecule has 2 saturated carbocycles. The number of halogens is 4. The molecule has 2 spiro atoms. The summed E-state index contributed by atoms with van der Waals surface area (Å²) >= 11 is 0. The van der Waals surface area contributed by atoms with Crippen molar-refractivity contribution in [3.8, 4) is 0 Å². The molecule has 10 heteroatoms. The zero-order valence-corrected chi connectivity index (χ0v) is 25.7. The van der Waals surface area contributed by atoms with Crippen LogP contribution in [0.15, 0.2) is 97.1 Å². The quantitative estimate of drug-likeness (QED) is 0.170. The van der Waals surface area contributed by atoms with E-state index in [4.69, 9.17) is 0 Å². The molecule has 48 heavy (non-hydrogen) atoms. The number of carbonyl (C=O) groups is 4. The second-order valence-corrected chi connectivity index (χ2v) is 13.1. The Labute approximate surface area is 274 Å². The summed E-state index contributed by atoms with van der Waals surface area (Å²) in [5.74, 6) is -4.25. The number of benzene rings is 4. The molecule has 4 aliphatic rings. The van der Waals surface area contributed by atoms with Gasteiger partial charge in [0.05, 0.1) is 23.9 Å². The second-order valence-electron chi connectivity index (χ2n) is 13.1. The topological polar surface area (TPSA) is 74.8 Å². The second kappa shape index (κ2) is 11.8. The minimum absolute atomic E-state index is 0.0974. The van der Waals surface area contributed by atoms with E-state index in [-0.39, 0.29) is 61.4 Å². The van der Waals surface area contributed by atoms with Crippen LogP contribution < -0.4 is 0 Å². The number of imide groups is 2. The normalized spacial score (nSPS) is 25.6. The number of rotatable bonds is 6. The van der Waals surface area contributed by atoms with Gasteiger partial charge in [-0.05, 0) is 47.2 Å². The van der Waals surface area contributed by atoms with Gasteiger partial charge in [0.2, 0.25) is 23.6 Å². The Hall–Kier alpha value is -5.12. The van der Waals surface area contributed by atoms with Crippen molar-refractivity contribution in [2.45, 2.75) is 50.6 Å². The Balaban J connectivity index is 0.000000152. The first-order valence-electron chi connectivity index (χ1n) is 15.7. The standard InChI is InChI=1S/2C19H15F2NO2/c2*20-13-6-7-14(16(21)8-13)15-9-19(15)10-17(23)22(18(19)24)11-12-4-2-1-3-5-12/h2*1-8,15H,9-11H2/t15?,19-;/m0./s1. The third kappa shape index (κ3) is 5.48. The molecule has 4 fully saturated rings. The molecule has 8 rings (SSSR count). The molecule has 3 unspecified atom stereocenters. The van der Waals surface area contributed by atoms with Gasteiger partial charge in [0, 0.05) is 36.8 Å². The average Bonchev–Trinajstić information content (AvgIpc) is 3.94. The fourth-order valence-electron chi connectivity index (χ4n) is 7.36. The minimum atomic E-state index is -0.843. The van der Waals surface area contributed by atoms with Gasteiger partial charge in [0.15, 0.2) is 0 Å². The lowest BCUT2D eigenvalue weighted by atomic mass is 9.97. The molecule has 4 aromatic rings. The van der Waals surface area contributed by atoms with Gasteiger partial charge in [-0.2, -0.15) is 0 Å². The van der Waals surface area contributed by atoms with Crippen LogP contribution in [-0.4, -0.2) is 33.4 Å². The summed E-state index contributed by atoms with van der Waals surface area (Å²) in [5, 5.41) is 0. The van der Waals surface area contributed by atoms with Gasteiger partial charge in [-0.15, -0.1) is 0 Å². The summed E-state index contributed by atoms with van der Waals surface area (Å²) < 4.78 is 54.1. The Morgan fingerprint density at radius 2 is 0.917 bits per heavy atom. The number of nitrogens with zero attached hydrogens (tertiary/aromatic N) is 2. The molecule has 0 aromatic heterocycles. The van der Waals surface area contributed by atoms with Crippen LogP contribution in [0.25, 0.3) is 0 Å². The SMILES string of the molecule is O=C1CC2(CC2c2ccc(F)cc2F)C(=O)N1Cc1ccccc1.O=C1C[C@]2(CC2c2ccc(F)cc2F)C(=O)N1Cc1ccccc1. The van der Waals surface area contributed by atoms with Crippen molar-refractivity contribution in [1.29, 1.82) is 0 Å². The molecule has 4 aromatic carbocycles. The van der Waals surface area contributed by atoms with Gasteiger partial charge >= 0.3 is 0 Å². The molecule has 2 aliphatic carbocycles. The zero-order chi connectivity index (χ0) is 33.8. The first kappa shape index (κ1) is 31.5. The number of amides is 4. The van der Waals surface area contributed by atoms with E-state index >= 15 is 0 Å². The zero-order valence-electron chi connectivity index (χ0n) is 25.7. The summed E-state index contributed by atoms with van der Waals surface area (Å²) in [6.45, 7) is 0.470. The van der Waals surface area contributed by atoms with E-state index in [9.17, 15) is 36.7 Å². The van der Waals surface area contributed by atoms with Crippen LogP contribution in [0.3, 0.4) is 0 Å². The number of carbonyl (C=O) groups excluding carboxylic acids is 4. The molecule has 0 radical (unpaired) electrons. The Bertz CT molecular complexity index is 1810. The third-order valence-electron chi connectivity index (χ3n) is 10.1. The molecule has 0 N–H and O–H groups in total. The van der Waals surface area contributed by atoms with Gasteiger partial charge in [-0.3, -0.25) is 29.0 Å². The van der Waals surface area contributed by atoms with Crippen molar-refractivity contribution in [3.05, 3.63) is 143 Å². The van der Waals surface area contributed by atoms with E-state index in [1.54, 1.807) is 0 Å². The first-order valence-corrected chi connectivity index (χ1v) is 15.7. The summed E-state index contributed by atoms with van der Waals surface area (Å²) in [6, 6.07) is 25.3. The molecular weight excluding hydrogens is 624 g/mol. The van der Waals surface area contributed by atoms with Crippen LogP contribution in [0.2, 0.25) is 0 Å². The van der Waals surface area contributed by atoms with Crippen molar-refractivity contribution < 1.29 is 36.7 Å². The van der Waals surface area contributed by atoms with Crippen LogP contribution in [0.4, 0.5) is 17.6 Å². The van der Waals surface area contributed by atoms with Crippen LogP contribution in [0.1, 0.15) is 59.8 Å². The summed E-state index contributed by atoms with van der Waals surface area (Å²) in [7, 11) is 0. The summed E-state index contributed by atoms with van der Waals surface area (Å²) in [5.41, 5.74) is 0.704. The molecule has 2 heterocycles. The molecule has 4 amide bonds. The smallest absolute Gasteiger partial charge is 0.236 e. The van der Waals surface area contributed by atoms with Gasteiger partial charge in [0.1, 0.15) is 23.3 Å². The summed E-state index contributed by atoms with van der Waals surface area (Å²) in [6.07, 6.45) is 1.07. The van der Waals surface area contributed by atoms with Crippen LogP contribution in [0.5, 0.6) is 0 Å². The molecule has 6 nitrogen and oxygen atoms in total. The monoisotopic (exact) mass is 654 g/mol. The molecule has 0 bridgehead atoms. The van der Waals surface area contributed by atoms with Crippen LogP contribution in [0, 0.1) is 34.1 Å². The van der Waals surface area contributed by atoms with Crippen LogP contribution in [-0.2, 0) is 32.3 Å². The Morgan fingerprint density at radius 1 is 0.542 bits per heavy atom. The Morgan fingerprint density at radius 3 is 1.27 bits per heavy atom. The van der Waals surface area contributed by atoms with Crippen molar-refractivity contribution in [2.75, 3.05) is 0 Å². The lowest BCUT2D eigenvalue weighted by molar-refractivity contribution is -0.142. The average molecular weight is 655 g/mol. The number of likely N-dealkylation sites (tertiary alicyclic amines) is 2. The van der Waals surface area contributed by atoms with E-state index in [0.717, 1.165) is 23.3 Å². The van der Waals surface area contributed by atoms with Gasteiger partial charge in [-0.25, -0.2) is 17.6 Å². The van der Waals surface area contributed by atoms with E-state index < -0.39 is 34.1 Å². The molecular formula is C38H30F4N2O4. The highest BCUT2D eigenvalue weighted by Crippen LogP contribution is 2.66. The van der Waals surface area contributed by atoms with Crippen LogP contribution >= 0.6 is 0 Å². The van der Waals surface area contributed by atoms with Crippen molar-refractivity contribution in [1.82, 2.24) is 9.80 Å². The predicted molar refractivity (Wildman–Crippen MR) is 166 cm³/mol. The van der Waals surface area contributed by atoms with Crippen molar-refractivity contribution in [2.24, 2.45) is 10.8 Å². The van der Waals surface area contributed by atoms with Crippen molar-refractivity contribution >= 4 is 23.6 Å². The van der Waals surface area contributed by atoms with E-state index in [1.165, 1.54) is 34.1 Å². The maximum Gasteiger partial charge on any atom is 0.236 e. The fraction of sp³-hybridized carbons (Fsp3) is 0.263. The Kier molecular flexibility index (Phi) is 7.77. The third-order valence-corrected chi connectivity index (χ3v) is 10.1. The largest absolute Gasteiger partial charge is 0.278 e. The highest BCUT2D eigenvalue weighted by molar-refractivity contribution is 6.09. The van der Waals surface area contributed by atoms with Gasteiger partial charge < -0.3 is 0 Å². The maximum absolute atomic E-state index is 14.0. The number of hydrogen-bond acceptors (Lipinski definition) is 4. The van der Waals surface area contributed by atoms with Gasteiger partial charge in [-0.1, -0.05) is 72.8 Å². The van der Waals surface area contributed by atoms with E-state index in [1.807, 2.05) is 60.7 Å². The lowest BCUT2D eigenvalue weighted by Crippen LogP contribution is -2.30. The highest BCUT2D eigenvalue weighted by Gasteiger charge is 2.68. The first-order chi connectivity index (χ1) is 23.0. The van der Waals surface area contributed by atoms with E-state index in [0.29, 0.717) is 24.0 Å². The fourth-order valence-corrected chi connectivity index (χ4v) is 7.36. The van der Waals surface area contributed by atoms with Crippen molar-refractivity contribution in [3.63, 3.8) is 0 Å². The highest BCUT2D eigenvalue weighted by atomic mass is 19.1.